The van der Waals surface area contributed by atoms with Crippen molar-refractivity contribution in [2.45, 2.75) is 0 Å². The van der Waals surface area contributed by atoms with Gasteiger partial charge in [-0.15, -0.1) is 0 Å². The van der Waals surface area contributed by atoms with E-state index >= 15 is 0 Å². The van der Waals surface area contributed by atoms with E-state index in [1.807, 2.05) is 24.3 Å². The van der Waals surface area contributed by atoms with Crippen molar-refractivity contribution in [1.29, 1.82) is 0 Å². The number of nitrogens with one attached hydrogen (secondary N) is 1. The summed E-state index contributed by atoms with van der Waals surface area (Å²) < 4.78 is 0. The van der Waals surface area contributed by atoms with Gasteiger partial charge in [-0.25, -0.2) is 4.98 Å². The van der Waals surface area contributed by atoms with Crippen molar-refractivity contribution >= 4 is 33.5 Å². The van der Waals surface area contributed by atoms with Gasteiger partial charge in [-0.05, 0) is 6.07 Å². The number of benzene rings is 1. The lowest BCUT2D eigenvalue weighted by Crippen LogP contribution is -1.82. The van der Waals surface area contributed by atoms with E-state index < -0.39 is 0 Å². The molecule has 3 rings (SSSR count). The number of fused-ring (bicyclic) bond motifs is 3. The number of pyridine rings is 1. The molecule has 0 atom stereocenters. The van der Waals surface area contributed by atoms with Gasteiger partial charge in [-0.3, -0.25) is 0 Å². The number of H-pyrrole nitrogens is 1. The normalized spacial score (nSPS) is 11.3. The first-order valence-corrected chi connectivity index (χ1v) is 4.76. The number of rotatable bonds is 0. The topological polar surface area (TPSA) is 61.8 Å². The van der Waals surface area contributed by atoms with Crippen molar-refractivity contribution in [3.8, 4) is 6.01 Å². The summed E-state index contributed by atoms with van der Waals surface area (Å²) in [7, 11) is 0. The van der Waals surface area contributed by atoms with E-state index in [2.05, 4.69) is 15.0 Å². The molecule has 2 heterocycles. The van der Waals surface area contributed by atoms with Crippen molar-refractivity contribution < 1.29 is 5.11 Å². The molecular formula is C10H6ClN3O. The summed E-state index contributed by atoms with van der Waals surface area (Å²) in [5.41, 5.74) is 1.98. The minimum atomic E-state index is -0.148. The molecule has 15 heavy (non-hydrogen) atoms. The maximum atomic E-state index is 9.29. The first-order chi connectivity index (χ1) is 7.25. The highest BCUT2D eigenvalue weighted by Gasteiger charge is 2.10. The quantitative estimate of drug-likeness (QED) is 0.571. The van der Waals surface area contributed by atoms with Crippen molar-refractivity contribution in [1.82, 2.24) is 15.0 Å². The van der Waals surface area contributed by atoms with E-state index in [1.54, 1.807) is 0 Å². The zero-order valence-corrected chi connectivity index (χ0v) is 8.28. The van der Waals surface area contributed by atoms with Crippen molar-refractivity contribution in [2.75, 3.05) is 0 Å². The van der Waals surface area contributed by atoms with Crippen LogP contribution in [0.3, 0.4) is 0 Å². The molecule has 0 bridgehead atoms. The predicted octanol–water partition coefficient (Wildman–Crippen LogP) is 2.47. The van der Waals surface area contributed by atoms with Crippen LogP contribution in [0.15, 0.2) is 24.3 Å². The third kappa shape index (κ3) is 1.15. The number of imidazole rings is 1. The highest BCUT2D eigenvalue weighted by Crippen LogP contribution is 2.28. The van der Waals surface area contributed by atoms with Crippen LogP contribution in [0.5, 0.6) is 6.01 Å². The molecule has 2 N–H and O–H groups in total. The molecule has 4 nitrogen and oxygen atoms in total. The molecule has 0 saturated carbocycles. The van der Waals surface area contributed by atoms with Crippen LogP contribution in [-0.4, -0.2) is 20.1 Å². The van der Waals surface area contributed by atoms with Crippen LogP contribution in [0.4, 0.5) is 0 Å². The number of halogens is 1. The number of aromatic hydroxyl groups is 1. The van der Waals surface area contributed by atoms with Gasteiger partial charge in [-0.2, -0.15) is 4.98 Å². The monoisotopic (exact) mass is 219 g/mol. The number of aromatic amines is 1. The molecule has 0 radical (unpaired) electrons. The van der Waals surface area contributed by atoms with Gasteiger partial charge in [0, 0.05) is 5.39 Å². The number of hydrogen-bond acceptors (Lipinski definition) is 3. The first kappa shape index (κ1) is 8.49. The first-order valence-electron chi connectivity index (χ1n) is 4.38. The second-order valence-corrected chi connectivity index (χ2v) is 3.56. The summed E-state index contributed by atoms with van der Waals surface area (Å²) >= 11 is 5.94. The average molecular weight is 220 g/mol. The van der Waals surface area contributed by atoms with Crippen molar-refractivity contribution in [3.05, 3.63) is 29.4 Å². The molecule has 0 saturated heterocycles. The van der Waals surface area contributed by atoms with Gasteiger partial charge in [-0.1, -0.05) is 29.8 Å². The highest BCUT2D eigenvalue weighted by molar-refractivity contribution is 6.35. The minimum Gasteiger partial charge on any atom is -0.480 e. The van der Waals surface area contributed by atoms with Gasteiger partial charge < -0.3 is 10.1 Å². The zero-order valence-electron chi connectivity index (χ0n) is 7.53. The van der Waals surface area contributed by atoms with Gasteiger partial charge in [0.05, 0.1) is 11.0 Å². The van der Waals surface area contributed by atoms with Gasteiger partial charge in [0.1, 0.15) is 5.52 Å². The molecule has 0 amide bonds. The smallest absolute Gasteiger partial charge is 0.292 e. The Balaban J connectivity index is 2.63. The Labute approximate surface area is 89.5 Å². The molecule has 0 aliphatic carbocycles. The molecule has 1 aromatic carbocycles. The Hall–Kier alpha value is -1.81. The van der Waals surface area contributed by atoms with Gasteiger partial charge in [0.15, 0.2) is 5.15 Å². The van der Waals surface area contributed by atoms with Gasteiger partial charge in [0.2, 0.25) is 0 Å². The summed E-state index contributed by atoms with van der Waals surface area (Å²) in [5, 5.41) is 10.5. The standard InChI is InChI=1S/C10H6ClN3O/c11-9-8-7(13-10(15)14-8)5-3-1-2-4-6(5)12-9/h1-4H,(H2,13,14,15). The third-order valence-electron chi connectivity index (χ3n) is 2.28. The van der Waals surface area contributed by atoms with E-state index in [0.717, 1.165) is 10.9 Å². The average Bonchev–Trinajstić information content (AvgIpc) is 2.61. The summed E-state index contributed by atoms with van der Waals surface area (Å²) in [6.45, 7) is 0. The Morgan fingerprint density at radius 1 is 1.20 bits per heavy atom. The van der Waals surface area contributed by atoms with Crippen LogP contribution in [0.25, 0.3) is 21.9 Å². The number of para-hydroxylation sites is 1. The highest BCUT2D eigenvalue weighted by atomic mass is 35.5. The fourth-order valence-electron chi connectivity index (χ4n) is 1.65. The SMILES string of the molecule is Oc1nc2c(Cl)nc3ccccc3c2[nH]1. The summed E-state index contributed by atoms with van der Waals surface area (Å²) in [6.07, 6.45) is 0. The molecule has 0 aliphatic rings. The lowest BCUT2D eigenvalue weighted by atomic mass is 10.2. The van der Waals surface area contributed by atoms with Crippen molar-refractivity contribution in [2.24, 2.45) is 0 Å². The van der Waals surface area contributed by atoms with Crippen LogP contribution in [0.2, 0.25) is 5.15 Å². The maximum Gasteiger partial charge on any atom is 0.292 e. The molecule has 74 valence electrons. The summed E-state index contributed by atoms with van der Waals surface area (Å²) in [5.74, 6) is 0. The van der Waals surface area contributed by atoms with E-state index in [9.17, 15) is 5.11 Å². The van der Waals surface area contributed by atoms with Gasteiger partial charge >= 0.3 is 0 Å². The van der Waals surface area contributed by atoms with Crippen LogP contribution in [0, 0.1) is 0 Å². The molecule has 0 spiro atoms. The van der Waals surface area contributed by atoms with Crippen LogP contribution in [0.1, 0.15) is 0 Å². The fraction of sp³-hybridized carbons (Fsp3) is 0. The lowest BCUT2D eigenvalue weighted by molar-refractivity contribution is 0.438. The molecule has 0 unspecified atom stereocenters. The Kier molecular flexibility index (Phi) is 1.61. The van der Waals surface area contributed by atoms with E-state index in [1.165, 1.54) is 0 Å². The largest absolute Gasteiger partial charge is 0.480 e. The van der Waals surface area contributed by atoms with Gasteiger partial charge in [0.25, 0.3) is 6.01 Å². The molecule has 3 aromatic rings. The predicted molar refractivity (Wildman–Crippen MR) is 58.1 cm³/mol. The second-order valence-electron chi connectivity index (χ2n) is 3.20. The van der Waals surface area contributed by atoms with E-state index in [4.69, 9.17) is 11.6 Å². The number of aromatic nitrogens is 3. The van der Waals surface area contributed by atoms with Crippen LogP contribution < -0.4 is 0 Å². The maximum absolute atomic E-state index is 9.29. The second kappa shape index (κ2) is 2.84. The fourth-order valence-corrected chi connectivity index (χ4v) is 1.87. The minimum absolute atomic E-state index is 0.148. The number of hydrogen-bond donors (Lipinski definition) is 2. The lowest BCUT2D eigenvalue weighted by Gasteiger charge is -1.98. The summed E-state index contributed by atoms with van der Waals surface area (Å²) in [4.78, 5) is 10.8. The molecule has 0 fully saturated rings. The van der Waals surface area contributed by atoms with Crippen LogP contribution >= 0.6 is 11.6 Å². The van der Waals surface area contributed by atoms with E-state index in [-0.39, 0.29) is 6.01 Å². The Morgan fingerprint density at radius 2 is 2.00 bits per heavy atom. The molecule has 5 heteroatoms. The number of nitrogens with zero attached hydrogens (tertiary/aromatic N) is 2. The van der Waals surface area contributed by atoms with Crippen LogP contribution in [-0.2, 0) is 0 Å². The third-order valence-corrected chi connectivity index (χ3v) is 2.54. The molecular weight excluding hydrogens is 214 g/mol. The van der Waals surface area contributed by atoms with E-state index in [0.29, 0.717) is 16.2 Å². The molecule has 0 aliphatic heterocycles. The Morgan fingerprint density at radius 3 is 2.87 bits per heavy atom. The Bertz CT molecular complexity index is 662. The summed E-state index contributed by atoms with van der Waals surface area (Å²) in [6, 6.07) is 7.39. The van der Waals surface area contributed by atoms with Crippen molar-refractivity contribution in [3.63, 3.8) is 0 Å². The molecule has 2 aromatic heterocycles. The zero-order chi connectivity index (χ0) is 10.4.